The summed E-state index contributed by atoms with van der Waals surface area (Å²) in [5, 5.41) is 2.77. The smallest absolute Gasteiger partial charge is 0.251 e. The number of benzene rings is 1. The van der Waals surface area contributed by atoms with Gasteiger partial charge in [0.1, 0.15) is 17.5 Å². The SMILES string of the molecule is Cc1nc(CNC(=O)c2cc(F)cc(-c3cc(N)nc(N)n3)c2)nc2c1CCCC2. The maximum atomic E-state index is 14.2. The zero-order valence-electron chi connectivity index (χ0n) is 16.6. The zero-order chi connectivity index (χ0) is 21.3. The highest BCUT2D eigenvalue weighted by atomic mass is 19.1. The Labute approximate surface area is 173 Å². The Morgan fingerprint density at radius 1 is 1.07 bits per heavy atom. The van der Waals surface area contributed by atoms with Gasteiger partial charge in [-0.2, -0.15) is 4.98 Å². The lowest BCUT2D eigenvalue weighted by atomic mass is 9.95. The van der Waals surface area contributed by atoms with Crippen LogP contribution < -0.4 is 16.8 Å². The number of hydrogen-bond acceptors (Lipinski definition) is 7. The summed E-state index contributed by atoms with van der Waals surface area (Å²) in [4.78, 5) is 29.6. The third-order valence-corrected chi connectivity index (χ3v) is 5.06. The Morgan fingerprint density at radius 2 is 1.87 bits per heavy atom. The first-order valence-corrected chi connectivity index (χ1v) is 9.73. The largest absolute Gasteiger partial charge is 0.384 e. The number of anilines is 2. The number of fused-ring (bicyclic) bond motifs is 1. The molecule has 0 atom stereocenters. The van der Waals surface area contributed by atoms with Gasteiger partial charge in [0.05, 0.1) is 12.2 Å². The quantitative estimate of drug-likeness (QED) is 0.604. The molecule has 2 aromatic heterocycles. The standard InChI is InChI=1S/C21H22FN7O/c1-11-15-4-2-3-5-16(15)27-19(26-11)10-25-20(30)13-6-12(7-14(22)8-13)17-9-18(23)29-21(24)28-17/h6-9H,2-5,10H2,1H3,(H,25,30)(H4,23,24,28,29). The average Bonchev–Trinajstić information content (AvgIpc) is 2.71. The molecule has 1 aliphatic carbocycles. The second-order valence-electron chi connectivity index (χ2n) is 7.31. The van der Waals surface area contributed by atoms with E-state index in [2.05, 4.69) is 25.3 Å². The van der Waals surface area contributed by atoms with E-state index in [0.29, 0.717) is 17.1 Å². The lowest BCUT2D eigenvalue weighted by Crippen LogP contribution is -2.25. The van der Waals surface area contributed by atoms with E-state index < -0.39 is 11.7 Å². The van der Waals surface area contributed by atoms with Crippen LogP contribution in [0.4, 0.5) is 16.2 Å². The van der Waals surface area contributed by atoms with Crippen LogP contribution in [0.2, 0.25) is 0 Å². The number of nitrogens with zero attached hydrogens (tertiary/aromatic N) is 4. The van der Waals surface area contributed by atoms with Gasteiger partial charge in [-0.1, -0.05) is 0 Å². The first-order chi connectivity index (χ1) is 14.4. The van der Waals surface area contributed by atoms with E-state index in [0.717, 1.165) is 43.1 Å². The summed E-state index contributed by atoms with van der Waals surface area (Å²) in [6.45, 7) is 2.13. The third kappa shape index (κ3) is 4.19. The molecule has 4 rings (SSSR count). The fourth-order valence-corrected chi connectivity index (χ4v) is 3.69. The molecule has 0 aliphatic heterocycles. The molecule has 0 fully saturated rings. The van der Waals surface area contributed by atoms with Crippen molar-refractivity contribution in [2.75, 3.05) is 11.5 Å². The molecule has 0 spiro atoms. The third-order valence-electron chi connectivity index (χ3n) is 5.06. The molecular formula is C21H22FN7O. The van der Waals surface area contributed by atoms with E-state index in [4.69, 9.17) is 11.5 Å². The lowest BCUT2D eigenvalue weighted by molar-refractivity contribution is 0.0949. The number of nitrogen functional groups attached to an aromatic ring is 2. The maximum absolute atomic E-state index is 14.2. The van der Waals surface area contributed by atoms with Crippen molar-refractivity contribution in [2.24, 2.45) is 0 Å². The predicted octanol–water partition coefficient (Wildman–Crippen LogP) is 2.35. The van der Waals surface area contributed by atoms with E-state index in [1.807, 2.05) is 6.92 Å². The van der Waals surface area contributed by atoms with Crippen molar-refractivity contribution in [1.82, 2.24) is 25.3 Å². The van der Waals surface area contributed by atoms with Gasteiger partial charge in [-0.25, -0.2) is 19.3 Å². The first kappa shape index (κ1) is 19.7. The number of carbonyl (C=O) groups excluding carboxylic acids is 1. The van der Waals surface area contributed by atoms with Crippen LogP contribution in [0.5, 0.6) is 0 Å². The minimum Gasteiger partial charge on any atom is -0.384 e. The van der Waals surface area contributed by atoms with E-state index >= 15 is 0 Å². The van der Waals surface area contributed by atoms with Crippen LogP contribution in [-0.2, 0) is 19.4 Å². The second kappa shape index (κ2) is 8.02. The Hall–Kier alpha value is -3.62. The van der Waals surface area contributed by atoms with Gasteiger partial charge in [0.15, 0.2) is 0 Å². The number of aromatic nitrogens is 4. The van der Waals surface area contributed by atoms with Gasteiger partial charge in [-0.15, -0.1) is 0 Å². The van der Waals surface area contributed by atoms with E-state index in [1.54, 1.807) is 0 Å². The molecule has 8 nitrogen and oxygen atoms in total. The van der Waals surface area contributed by atoms with Gasteiger partial charge in [-0.05, 0) is 56.4 Å². The molecule has 5 N–H and O–H groups in total. The van der Waals surface area contributed by atoms with Gasteiger partial charge < -0.3 is 16.8 Å². The molecule has 0 radical (unpaired) electrons. The van der Waals surface area contributed by atoms with Crippen LogP contribution in [0.3, 0.4) is 0 Å². The van der Waals surface area contributed by atoms with Crippen LogP contribution in [-0.4, -0.2) is 25.8 Å². The van der Waals surface area contributed by atoms with E-state index in [9.17, 15) is 9.18 Å². The molecule has 1 aromatic carbocycles. The minimum absolute atomic E-state index is 0.0276. The number of hydrogen-bond donors (Lipinski definition) is 3. The van der Waals surface area contributed by atoms with Crippen LogP contribution in [0.25, 0.3) is 11.3 Å². The Balaban J connectivity index is 1.54. The molecule has 154 valence electrons. The summed E-state index contributed by atoms with van der Waals surface area (Å²) in [5.74, 6) is -0.332. The molecule has 1 aliphatic rings. The van der Waals surface area contributed by atoms with Crippen LogP contribution in [0.15, 0.2) is 24.3 Å². The predicted molar refractivity (Wildman–Crippen MR) is 111 cm³/mol. The number of carbonyl (C=O) groups is 1. The maximum Gasteiger partial charge on any atom is 0.251 e. The van der Waals surface area contributed by atoms with E-state index in [-0.39, 0.29) is 23.9 Å². The highest BCUT2D eigenvalue weighted by molar-refractivity contribution is 5.95. The molecule has 2 heterocycles. The Kier molecular flexibility index (Phi) is 5.26. The highest BCUT2D eigenvalue weighted by Crippen LogP contribution is 2.23. The van der Waals surface area contributed by atoms with Crippen LogP contribution in [0.1, 0.15) is 46.0 Å². The van der Waals surface area contributed by atoms with Gasteiger partial charge >= 0.3 is 0 Å². The summed E-state index contributed by atoms with van der Waals surface area (Å²) in [6, 6.07) is 5.41. The number of nitrogens with two attached hydrogens (primary N) is 2. The zero-order valence-corrected chi connectivity index (χ0v) is 16.6. The summed E-state index contributed by atoms with van der Waals surface area (Å²) in [6.07, 6.45) is 4.19. The van der Waals surface area contributed by atoms with Crippen molar-refractivity contribution in [3.63, 3.8) is 0 Å². The number of amides is 1. The lowest BCUT2D eigenvalue weighted by Gasteiger charge is -2.17. The second-order valence-corrected chi connectivity index (χ2v) is 7.31. The molecule has 1 amide bonds. The van der Waals surface area contributed by atoms with Gasteiger partial charge in [0, 0.05) is 28.6 Å². The van der Waals surface area contributed by atoms with Crippen molar-refractivity contribution in [3.8, 4) is 11.3 Å². The molecule has 30 heavy (non-hydrogen) atoms. The molecule has 3 aromatic rings. The molecule has 0 bridgehead atoms. The number of rotatable bonds is 4. The number of aryl methyl sites for hydroxylation is 2. The molecule has 0 saturated heterocycles. The van der Waals surface area contributed by atoms with Crippen molar-refractivity contribution in [1.29, 1.82) is 0 Å². The topological polar surface area (TPSA) is 133 Å². The average molecular weight is 407 g/mol. The van der Waals surface area contributed by atoms with Gasteiger partial charge in [-0.3, -0.25) is 4.79 Å². The molecule has 0 saturated carbocycles. The monoisotopic (exact) mass is 407 g/mol. The fraction of sp³-hybridized carbons (Fsp3) is 0.286. The summed E-state index contributed by atoms with van der Waals surface area (Å²) in [5.41, 5.74) is 15.4. The fourth-order valence-electron chi connectivity index (χ4n) is 3.69. The first-order valence-electron chi connectivity index (χ1n) is 9.73. The van der Waals surface area contributed by atoms with E-state index in [1.165, 1.54) is 23.8 Å². The van der Waals surface area contributed by atoms with Crippen LogP contribution in [0, 0.1) is 12.7 Å². The van der Waals surface area contributed by atoms with Gasteiger partial charge in [0.2, 0.25) is 5.95 Å². The summed E-state index contributed by atoms with van der Waals surface area (Å²) < 4.78 is 14.2. The molecule has 9 heteroatoms. The normalized spacial score (nSPS) is 13.0. The van der Waals surface area contributed by atoms with Crippen molar-refractivity contribution in [3.05, 3.63) is 58.4 Å². The van der Waals surface area contributed by atoms with Crippen molar-refractivity contribution in [2.45, 2.75) is 39.2 Å². The number of nitrogens with one attached hydrogen (secondary N) is 1. The van der Waals surface area contributed by atoms with Crippen molar-refractivity contribution < 1.29 is 9.18 Å². The van der Waals surface area contributed by atoms with Crippen LogP contribution >= 0.6 is 0 Å². The summed E-state index contributed by atoms with van der Waals surface area (Å²) >= 11 is 0. The molecule has 0 unspecified atom stereocenters. The van der Waals surface area contributed by atoms with Gasteiger partial charge in [0.25, 0.3) is 5.91 Å². The Bertz CT molecular complexity index is 1110. The number of halogens is 1. The van der Waals surface area contributed by atoms with Crippen molar-refractivity contribution >= 4 is 17.7 Å². The minimum atomic E-state index is -0.575. The Morgan fingerprint density at radius 3 is 2.67 bits per heavy atom. The summed E-state index contributed by atoms with van der Waals surface area (Å²) in [7, 11) is 0. The highest BCUT2D eigenvalue weighted by Gasteiger charge is 2.17. The molecular weight excluding hydrogens is 385 g/mol.